The van der Waals surface area contributed by atoms with Gasteiger partial charge < -0.3 is 9.94 Å². The highest BCUT2D eigenvalue weighted by molar-refractivity contribution is 6.01. The van der Waals surface area contributed by atoms with Crippen molar-refractivity contribution < 1.29 is 9.94 Å². The number of hydrogen-bond acceptors (Lipinski definition) is 4. The van der Waals surface area contributed by atoms with Crippen LogP contribution in [0.1, 0.15) is 31.7 Å². The molecule has 0 unspecified atom stereocenters. The standard InChI is InChI=1S/C18H26N2O2/c1-3-8-16(21)13-20(11-4-2)14-17-12-18(19-22-17)15-9-6-5-7-10-15/h4-7,9-10,16-17,21H,2-3,8,11-14H2,1H3/t16-,17-/m1/s1. The van der Waals surface area contributed by atoms with Crippen molar-refractivity contribution in [2.75, 3.05) is 19.6 Å². The van der Waals surface area contributed by atoms with Gasteiger partial charge in [0.1, 0.15) is 6.10 Å². The summed E-state index contributed by atoms with van der Waals surface area (Å²) in [4.78, 5) is 7.75. The Kier molecular flexibility index (Phi) is 6.62. The van der Waals surface area contributed by atoms with Gasteiger partial charge in [-0.15, -0.1) is 6.58 Å². The Morgan fingerprint density at radius 3 is 2.91 bits per heavy atom. The summed E-state index contributed by atoms with van der Waals surface area (Å²) in [6.45, 7) is 8.04. The summed E-state index contributed by atoms with van der Waals surface area (Å²) in [5.41, 5.74) is 2.12. The Bertz CT molecular complexity index is 487. The molecule has 0 bridgehead atoms. The lowest BCUT2D eigenvalue weighted by Gasteiger charge is -2.25. The quantitative estimate of drug-likeness (QED) is 0.713. The number of aliphatic hydroxyl groups excluding tert-OH is 1. The lowest BCUT2D eigenvalue weighted by atomic mass is 10.0. The van der Waals surface area contributed by atoms with E-state index >= 15 is 0 Å². The van der Waals surface area contributed by atoms with Crippen LogP contribution in [-0.4, -0.2) is 47.6 Å². The molecule has 0 saturated heterocycles. The number of hydrogen-bond donors (Lipinski definition) is 1. The van der Waals surface area contributed by atoms with Crippen molar-refractivity contribution in [1.29, 1.82) is 0 Å². The summed E-state index contributed by atoms with van der Waals surface area (Å²) in [5, 5.41) is 14.2. The number of rotatable bonds is 9. The molecule has 1 aromatic carbocycles. The second kappa shape index (κ2) is 8.71. The van der Waals surface area contributed by atoms with Crippen LogP contribution in [0.5, 0.6) is 0 Å². The van der Waals surface area contributed by atoms with Crippen molar-refractivity contribution in [2.24, 2.45) is 5.16 Å². The van der Waals surface area contributed by atoms with Crippen LogP contribution in [0.2, 0.25) is 0 Å². The minimum Gasteiger partial charge on any atom is -0.392 e. The summed E-state index contributed by atoms with van der Waals surface area (Å²) in [6, 6.07) is 10.1. The maximum Gasteiger partial charge on any atom is 0.145 e. The second-order valence-corrected chi connectivity index (χ2v) is 5.79. The Morgan fingerprint density at radius 2 is 2.23 bits per heavy atom. The van der Waals surface area contributed by atoms with Crippen LogP contribution in [0.3, 0.4) is 0 Å². The highest BCUT2D eigenvalue weighted by atomic mass is 16.6. The first-order valence-corrected chi connectivity index (χ1v) is 8.02. The first kappa shape index (κ1) is 16.7. The lowest BCUT2D eigenvalue weighted by molar-refractivity contribution is 0.0376. The van der Waals surface area contributed by atoms with Gasteiger partial charge in [0.05, 0.1) is 11.8 Å². The van der Waals surface area contributed by atoms with Crippen LogP contribution in [-0.2, 0) is 4.84 Å². The van der Waals surface area contributed by atoms with Crippen molar-refractivity contribution in [3.63, 3.8) is 0 Å². The van der Waals surface area contributed by atoms with Gasteiger partial charge in [0, 0.05) is 26.1 Å². The number of benzene rings is 1. The van der Waals surface area contributed by atoms with Gasteiger partial charge in [-0.3, -0.25) is 4.90 Å². The molecule has 1 heterocycles. The third-order valence-electron chi connectivity index (χ3n) is 3.78. The Hall–Kier alpha value is -1.65. The zero-order valence-corrected chi connectivity index (χ0v) is 13.3. The van der Waals surface area contributed by atoms with Gasteiger partial charge >= 0.3 is 0 Å². The van der Waals surface area contributed by atoms with Crippen molar-refractivity contribution in [2.45, 2.75) is 38.4 Å². The van der Waals surface area contributed by atoms with E-state index in [1.807, 2.05) is 24.3 Å². The van der Waals surface area contributed by atoms with E-state index in [1.54, 1.807) is 0 Å². The minimum atomic E-state index is -0.291. The van der Waals surface area contributed by atoms with Crippen molar-refractivity contribution in [3.8, 4) is 0 Å². The van der Waals surface area contributed by atoms with Crippen LogP contribution in [0.15, 0.2) is 48.1 Å². The van der Waals surface area contributed by atoms with E-state index in [2.05, 4.69) is 35.7 Å². The maximum absolute atomic E-state index is 10.0. The molecule has 2 rings (SSSR count). The first-order valence-electron chi connectivity index (χ1n) is 8.02. The third-order valence-corrected chi connectivity index (χ3v) is 3.78. The molecule has 22 heavy (non-hydrogen) atoms. The second-order valence-electron chi connectivity index (χ2n) is 5.79. The molecule has 0 aromatic heterocycles. The smallest absolute Gasteiger partial charge is 0.145 e. The van der Waals surface area contributed by atoms with Gasteiger partial charge in [0.2, 0.25) is 0 Å². The van der Waals surface area contributed by atoms with E-state index in [-0.39, 0.29) is 12.2 Å². The molecule has 0 aliphatic carbocycles. The first-order chi connectivity index (χ1) is 10.7. The average molecular weight is 302 g/mol. The Morgan fingerprint density at radius 1 is 1.45 bits per heavy atom. The van der Waals surface area contributed by atoms with Crippen molar-refractivity contribution >= 4 is 5.71 Å². The van der Waals surface area contributed by atoms with Gasteiger partial charge in [0.15, 0.2) is 0 Å². The number of oxime groups is 1. The molecule has 1 aliphatic heterocycles. The summed E-state index contributed by atoms with van der Waals surface area (Å²) >= 11 is 0. The maximum atomic E-state index is 10.0. The van der Waals surface area contributed by atoms with Gasteiger partial charge in [-0.1, -0.05) is 54.9 Å². The SMILES string of the molecule is C=CCN(C[C@H](O)CCC)C[C@H]1CC(c2ccccc2)=NO1. The van der Waals surface area contributed by atoms with Crippen LogP contribution in [0.4, 0.5) is 0 Å². The highest BCUT2D eigenvalue weighted by Crippen LogP contribution is 2.17. The third kappa shape index (κ3) is 4.97. The van der Waals surface area contributed by atoms with Crippen molar-refractivity contribution in [1.82, 2.24) is 4.90 Å². The molecular formula is C18H26N2O2. The fraction of sp³-hybridized carbons (Fsp3) is 0.500. The number of nitrogens with zero attached hydrogens (tertiary/aromatic N) is 2. The molecule has 1 aromatic rings. The molecular weight excluding hydrogens is 276 g/mol. The molecule has 1 N–H and O–H groups in total. The zero-order chi connectivity index (χ0) is 15.8. The molecule has 1 aliphatic rings. The molecule has 0 spiro atoms. The minimum absolute atomic E-state index is 0.0454. The highest BCUT2D eigenvalue weighted by Gasteiger charge is 2.24. The fourth-order valence-corrected chi connectivity index (χ4v) is 2.74. The monoisotopic (exact) mass is 302 g/mol. The predicted octanol–water partition coefficient (Wildman–Crippen LogP) is 2.83. The van der Waals surface area contributed by atoms with Gasteiger partial charge in [-0.25, -0.2) is 0 Å². The van der Waals surface area contributed by atoms with Gasteiger partial charge in [-0.05, 0) is 12.0 Å². The molecule has 4 heteroatoms. The van der Waals surface area contributed by atoms with E-state index in [1.165, 1.54) is 0 Å². The van der Waals surface area contributed by atoms with Crippen LogP contribution < -0.4 is 0 Å². The molecule has 4 nitrogen and oxygen atoms in total. The summed E-state index contributed by atoms with van der Waals surface area (Å²) in [7, 11) is 0. The van der Waals surface area contributed by atoms with Crippen LogP contribution in [0.25, 0.3) is 0 Å². The molecule has 0 radical (unpaired) electrons. The van der Waals surface area contributed by atoms with E-state index in [0.29, 0.717) is 6.54 Å². The molecule has 0 fully saturated rings. The summed E-state index contributed by atoms with van der Waals surface area (Å²) < 4.78 is 0. The average Bonchev–Trinajstić information content (AvgIpc) is 2.97. The van der Waals surface area contributed by atoms with E-state index in [0.717, 1.165) is 43.6 Å². The molecule has 2 atom stereocenters. The van der Waals surface area contributed by atoms with Gasteiger partial charge in [-0.2, -0.15) is 0 Å². The molecule has 0 saturated carbocycles. The Labute approximate surface area is 133 Å². The largest absolute Gasteiger partial charge is 0.392 e. The predicted molar refractivity (Wildman–Crippen MR) is 90.0 cm³/mol. The zero-order valence-electron chi connectivity index (χ0n) is 13.3. The summed E-state index contributed by atoms with van der Waals surface area (Å²) in [6.07, 6.45) is 4.24. The summed E-state index contributed by atoms with van der Waals surface area (Å²) in [5.74, 6) is 0. The van der Waals surface area contributed by atoms with Crippen LogP contribution >= 0.6 is 0 Å². The van der Waals surface area contributed by atoms with E-state index in [4.69, 9.17) is 4.84 Å². The Balaban J connectivity index is 1.86. The number of aliphatic hydroxyl groups is 1. The van der Waals surface area contributed by atoms with E-state index < -0.39 is 0 Å². The fourth-order valence-electron chi connectivity index (χ4n) is 2.74. The normalized spacial score (nSPS) is 18.9. The molecule has 120 valence electrons. The topological polar surface area (TPSA) is 45.1 Å². The van der Waals surface area contributed by atoms with E-state index in [9.17, 15) is 5.11 Å². The van der Waals surface area contributed by atoms with Crippen molar-refractivity contribution in [3.05, 3.63) is 48.6 Å². The van der Waals surface area contributed by atoms with Crippen LogP contribution in [0, 0.1) is 0 Å². The lowest BCUT2D eigenvalue weighted by Crippen LogP contribution is -2.38. The molecule has 0 amide bonds. The van der Waals surface area contributed by atoms with Gasteiger partial charge in [0.25, 0.3) is 0 Å².